The normalized spacial score (nSPS) is 10.8. The Labute approximate surface area is 90.6 Å². The van der Waals surface area contributed by atoms with Crippen LogP contribution in [-0.2, 0) is 0 Å². The first-order chi connectivity index (χ1) is 7.75. The van der Waals surface area contributed by atoms with Crippen LogP contribution in [0.4, 0.5) is 10.3 Å². The minimum absolute atomic E-state index is 0.285. The Morgan fingerprint density at radius 1 is 1.38 bits per heavy atom. The summed E-state index contributed by atoms with van der Waals surface area (Å²) in [4.78, 5) is 0. The van der Waals surface area contributed by atoms with Gasteiger partial charge < -0.3 is 5.84 Å². The number of anilines is 1. The summed E-state index contributed by atoms with van der Waals surface area (Å²) in [6.45, 7) is 0. The lowest BCUT2D eigenvalue weighted by atomic mass is 10.2. The van der Waals surface area contributed by atoms with Gasteiger partial charge in [-0.2, -0.15) is 5.10 Å². The Bertz CT molecular complexity index is 489. The van der Waals surface area contributed by atoms with Crippen molar-refractivity contribution in [3.05, 3.63) is 42.0 Å². The SMILES string of the molecule is Nn1cnnc1N/N=C\c1ccc(F)cc1. The molecule has 82 valence electrons. The van der Waals surface area contributed by atoms with E-state index in [1.54, 1.807) is 12.1 Å². The molecule has 2 aromatic rings. The fraction of sp³-hybridized carbons (Fsp3) is 0. The maximum atomic E-state index is 12.6. The van der Waals surface area contributed by atoms with Crippen LogP contribution in [0.25, 0.3) is 0 Å². The van der Waals surface area contributed by atoms with E-state index >= 15 is 0 Å². The number of hydrogen-bond donors (Lipinski definition) is 2. The number of rotatable bonds is 3. The van der Waals surface area contributed by atoms with Crippen molar-refractivity contribution in [1.29, 1.82) is 0 Å². The number of nitrogens with two attached hydrogens (primary N) is 1. The average Bonchev–Trinajstić information content (AvgIpc) is 2.68. The van der Waals surface area contributed by atoms with Crippen molar-refractivity contribution in [3.8, 4) is 0 Å². The molecule has 0 fully saturated rings. The molecule has 6 nitrogen and oxygen atoms in total. The highest BCUT2D eigenvalue weighted by Crippen LogP contribution is 2.00. The summed E-state index contributed by atoms with van der Waals surface area (Å²) in [5.74, 6) is 5.48. The second kappa shape index (κ2) is 4.39. The maximum absolute atomic E-state index is 12.6. The van der Waals surface area contributed by atoms with E-state index in [1.807, 2.05) is 0 Å². The van der Waals surface area contributed by atoms with Gasteiger partial charge in [0.2, 0.25) is 0 Å². The molecule has 0 amide bonds. The molecular formula is C9H9FN6. The third kappa shape index (κ3) is 2.32. The zero-order chi connectivity index (χ0) is 11.4. The summed E-state index contributed by atoms with van der Waals surface area (Å²) < 4.78 is 13.8. The molecule has 0 aliphatic heterocycles. The minimum Gasteiger partial charge on any atom is -0.335 e. The number of hydrazone groups is 1. The van der Waals surface area contributed by atoms with Gasteiger partial charge >= 0.3 is 0 Å². The van der Waals surface area contributed by atoms with Crippen molar-refractivity contribution >= 4 is 12.2 Å². The van der Waals surface area contributed by atoms with Crippen molar-refractivity contribution < 1.29 is 4.39 Å². The van der Waals surface area contributed by atoms with Gasteiger partial charge in [-0.15, -0.1) is 10.2 Å². The maximum Gasteiger partial charge on any atom is 0.263 e. The van der Waals surface area contributed by atoms with Crippen molar-refractivity contribution in [2.45, 2.75) is 0 Å². The number of nitrogens with zero attached hydrogens (tertiary/aromatic N) is 4. The van der Waals surface area contributed by atoms with E-state index in [2.05, 4.69) is 20.7 Å². The fourth-order valence-electron chi connectivity index (χ4n) is 1.04. The van der Waals surface area contributed by atoms with Gasteiger partial charge in [-0.3, -0.25) is 0 Å². The van der Waals surface area contributed by atoms with Crippen LogP contribution in [0, 0.1) is 5.82 Å². The zero-order valence-electron chi connectivity index (χ0n) is 8.21. The first-order valence-corrected chi connectivity index (χ1v) is 4.45. The molecule has 2 rings (SSSR count). The summed E-state index contributed by atoms with van der Waals surface area (Å²) in [5.41, 5.74) is 3.36. The van der Waals surface area contributed by atoms with Crippen LogP contribution >= 0.6 is 0 Å². The van der Waals surface area contributed by atoms with Gasteiger partial charge in [-0.05, 0) is 17.7 Å². The molecule has 0 saturated heterocycles. The van der Waals surface area contributed by atoms with Gasteiger partial charge in [0.05, 0.1) is 6.21 Å². The standard InChI is InChI=1S/C9H9FN6/c10-8-3-1-7(2-4-8)5-12-14-9-15-13-6-16(9)11/h1-6H,11H2,(H,14,15)/b12-5-. The van der Waals surface area contributed by atoms with Gasteiger partial charge in [0.25, 0.3) is 5.95 Å². The summed E-state index contributed by atoms with van der Waals surface area (Å²) in [7, 11) is 0. The van der Waals surface area contributed by atoms with Crippen LogP contribution in [0.5, 0.6) is 0 Å². The van der Waals surface area contributed by atoms with E-state index in [1.165, 1.54) is 29.4 Å². The molecular weight excluding hydrogens is 211 g/mol. The van der Waals surface area contributed by atoms with Crippen LogP contribution in [0.15, 0.2) is 35.7 Å². The highest BCUT2D eigenvalue weighted by Gasteiger charge is 1.96. The summed E-state index contributed by atoms with van der Waals surface area (Å²) in [6.07, 6.45) is 2.86. The molecule has 16 heavy (non-hydrogen) atoms. The third-order valence-electron chi connectivity index (χ3n) is 1.82. The van der Waals surface area contributed by atoms with Crippen molar-refractivity contribution in [2.75, 3.05) is 11.3 Å². The molecule has 0 radical (unpaired) electrons. The molecule has 0 saturated carbocycles. The third-order valence-corrected chi connectivity index (χ3v) is 1.82. The second-order valence-corrected chi connectivity index (χ2v) is 2.98. The Kier molecular flexibility index (Phi) is 2.77. The fourth-order valence-corrected chi connectivity index (χ4v) is 1.04. The van der Waals surface area contributed by atoms with Crippen molar-refractivity contribution in [3.63, 3.8) is 0 Å². The lowest BCUT2D eigenvalue weighted by Crippen LogP contribution is -2.10. The number of hydrogen-bond acceptors (Lipinski definition) is 5. The zero-order valence-corrected chi connectivity index (χ0v) is 8.21. The predicted molar refractivity (Wildman–Crippen MR) is 57.8 cm³/mol. The van der Waals surface area contributed by atoms with Crippen LogP contribution < -0.4 is 11.3 Å². The Morgan fingerprint density at radius 3 is 2.75 bits per heavy atom. The van der Waals surface area contributed by atoms with E-state index in [0.29, 0.717) is 5.95 Å². The Balaban J connectivity index is 2.00. The molecule has 3 N–H and O–H groups in total. The molecule has 7 heteroatoms. The van der Waals surface area contributed by atoms with E-state index < -0.39 is 0 Å². The van der Waals surface area contributed by atoms with Gasteiger partial charge in [-0.25, -0.2) is 14.5 Å². The number of nitrogens with one attached hydrogen (secondary N) is 1. The quantitative estimate of drug-likeness (QED) is 0.450. The number of halogens is 1. The first-order valence-electron chi connectivity index (χ1n) is 4.45. The molecule has 0 atom stereocenters. The lowest BCUT2D eigenvalue weighted by molar-refractivity contribution is 0.628. The van der Waals surface area contributed by atoms with Gasteiger partial charge in [0.1, 0.15) is 12.1 Å². The summed E-state index contributed by atoms with van der Waals surface area (Å²) >= 11 is 0. The molecule has 1 aromatic heterocycles. The topological polar surface area (TPSA) is 81.1 Å². The largest absolute Gasteiger partial charge is 0.335 e. The van der Waals surface area contributed by atoms with Crippen LogP contribution in [0.2, 0.25) is 0 Å². The average molecular weight is 220 g/mol. The number of aromatic nitrogens is 3. The highest BCUT2D eigenvalue weighted by atomic mass is 19.1. The summed E-state index contributed by atoms with van der Waals surface area (Å²) in [5, 5.41) is 11.1. The van der Waals surface area contributed by atoms with Crippen LogP contribution in [0.1, 0.15) is 5.56 Å². The molecule has 0 unspecified atom stereocenters. The van der Waals surface area contributed by atoms with Crippen LogP contribution in [0.3, 0.4) is 0 Å². The molecule has 1 aromatic carbocycles. The smallest absolute Gasteiger partial charge is 0.263 e. The number of nitrogen functional groups attached to an aromatic ring is 1. The highest BCUT2D eigenvalue weighted by molar-refractivity contribution is 5.79. The van der Waals surface area contributed by atoms with E-state index in [-0.39, 0.29) is 5.82 Å². The van der Waals surface area contributed by atoms with Gasteiger partial charge in [0, 0.05) is 0 Å². The van der Waals surface area contributed by atoms with Crippen molar-refractivity contribution in [2.24, 2.45) is 5.10 Å². The first kappa shape index (κ1) is 10.1. The van der Waals surface area contributed by atoms with Crippen LogP contribution in [-0.4, -0.2) is 21.1 Å². The minimum atomic E-state index is -0.285. The molecule has 0 aliphatic carbocycles. The monoisotopic (exact) mass is 220 g/mol. The Hall–Kier alpha value is -2.44. The number of benzene rings is 1. The van der Waals surface area contributed by atoms with Gasteiger partial charge in [-0.1, -0.05) is 12.1 Å². The molecule has 1 heterocycles. The lowest BCUT2D eigenvalue weighted by Gasteiger charge is -1.97. The van der Waals surface area contributed by atoms with E-state index in [0.717, 1.165) is 5.56 Å². The van der Waals surface area contributed by atoms with E-state index in [4.69, 9.17) is 5.84 Å². The molecule has 0 bridgehead atoms. The van der Waals surface area contributed by atoms with E-state index in [9.17, 15) is 4.39 Å². The second-order valence-electron chi connectivity index (χ2n) is 2.98. The van der Waals surface area contributed by atoms with Gasteiger partial charge in [0.15, 0.2) is 0 Å². The summed E-state index contributed by atoms with van der Waals surface area (Å²) in [6, 6.07) is 5.92. The molecule has 0 spiro atoms. The molecule has 0 aliphatic rings. The predicted octanol–water partition coefficient (Wildman–Crippen LogP) is 0.577. The van der Waals surface area contributed by atoms with Crippen molar-refractivity contribution in [1.82, 2.24) is 14.9 Å². The Morgan fingerprint density at radius 2 is 2.12 bits per heavy atom.